The third-order valence-electron chi connectivity index (χ3n) is 2.72. The molecule has 0 aliphatic carbocycles. The number of Topliss-reactive ketones (excluding diaryl/α,β-unsaturated/α-hetero) is 1. The van der Waals surface area contributed by atoms with Crippen LogP contribution in [-0.4, -0.2) is 24.5 Å². The number of carbonyl (C=O) groups is 2. The quantitative estimate of drug-likeness (QED) is 0.748. The molecule has 1 aliphatic rings. The summed E-state index contributed by atoms with van der Waals surface area (Å²) in [7, 11) is 0. The Labute approximate surface area is 99.5 Å². The van der Waals surface area contributed by atoms with Crippen LogP contribution in [-0.2, 0) is 16.0 Å². The SMILES string of the molecule is CCOc1ccc2c(c1)C(=O)OC(C(C)=O)C2. The Kier molecular flexibility index (Phi) is 3.13. The Morgan fingerprint density at radius 2 is 2.29 bits per heavy atom. The molecule has 2 rings (SSSR count). The maximum Gasteiger partial charge on any atom is 0.339 e. The Balaban J connectivity index is 2.31. The second kappa shape index (κ2) is 4.57. The number of hydrogen-bond acceptors (Lipinski definition) is 4. The summed E-state index contributed by atoms with van der Waals surface area (Å²) >= 11 is 0. The van der Waals surface area contributed by atoms with E-state index in [0.717, 1.165) is 5.56 Å². The van der Waals surface area contributed by atoms with Gasteiger partial charge in [-0.25, -0.2) is 4.79 Å². The van der Waals surface area contributed by atoms with E-state index >= 15 is 0 Å². The lowest BCUT2D eigenvalue weighted by Crippen LogP contribution is -2.32. The molecule has 17 heavy (non-hydrogen) atoms. The van der Waals surface area contributed by atoms with Crippen LogP contribution in [0, 0.1) is 0 Å². The first-order chi connectivity index (χ1) is 8.11. The van der Waals surface area contributed by atoms with Crippen molar-refractivity contribution in [1.29, 1.82) is 0 Å². The van der Waals surface area contributed by atoms with Crippen LogP contribution in [0.3, 0.4) is 0 Å². The van der Waals surface area contributed by atoms with Gasteiger partial charge in [0.1, 0.15) is 5.75 Å². The summed E-state index contributed by atoms with van der Waals surface area (Å²) in [4.78, 5) is 22.9. The number of rotatable bonds is 3. The van der Waals surface area contributed by atoms with Gasteiger partial charge in [-0.1, -0.05) is 6.07 Å². The zero-order chi connectivity index (χ0) is 12.4. The molecular weight excluding hydrogens is 220 g/mol. The van der Waals surface area contributed by atoms with E-state index in [2.05, 4.69) is 0 Å². The third kappa shape index (κ3) is 2.30. The van der Waals surface area contributed by atoms with Crippen LogP contribution in [0.4, 0.5) is 0 Å². The monoisotopic (exact) mass is 234 g/mol. The van der Waals surface area contributed by atoms with Crippen molar-refractivity contribution in [2.45, 2.75) is 26.4 Å². The van der Waals surface area contributed by atoms with E-state index < -0.39 is 12.1 Å². The highest BCUT2D eigenvalue weighted by molar-refractivity contribution is 5.96. The van der Waals surface area contributed by atoms with Crippen molar-refractivity contribution in [3.63, 3.8) is 0 Å². The number of carbonyl (C=O) groups excluding carboxylic acids is 2. The number of esters is 1. The van der Waals surface area contributed by atoms with Gasteiger partial charge in [-0.05, 0) is 31.5 Å². The molecule has 0 N–H and O–H groups in total. The maximum atomic E-state index is 11.7. The minimum Gasteiger partial charge on any atom is -0.494 e. The number of cyclic esters (lactones) is 1. The number of ketones is 1. The molecule has 0 saturated carbocycles. The summed E-state index contributed by atoms with van der Waals surface area (Å²) < 4.78 is 10.4. The van der Waals surface area contributed by atoms with Gasteiger partial charge in [-0.3, -0.25) is 4.79 Å². The summed E-state index contributed by atoms with van der Waals surface area (Å²) in [5.74, 6) is 0.0652. The maximum absolute atomic E-state index is 11.7. The van der Waals surface area contributed by atoms with Gasteiger partial charge in [-0.15, -0.1) is 0 Å². The predicted octanol–water partition coefficient (Wildman–Crippen LogP) is 1.76. The number of benzene rings is 1. The Morgan fingerprint density at radius 3 is 2.94 bits per heavy atom. The van der Waals surface area contributed by atoms with Crippen LogP contribution >= 0.6 is 0 Å². The molecule has 1 unspecified atom stereocenters. The first kappa shape index (κ1) is 11.6. The van der Waals surface area contributed by atoms with Gasteiger partial charge < -0.3 is 9.47 Å². The largest absolute Gasteiger partial charge is 0.494 e. The van der Waals surface area contributed by atoms with Crippen molar-refractivity contribution < 1.29 is 19.1 Å². The summed E-state index contributed by atoms with van der Waals surface area (Å²) in [6.07, 6.45) is -0.198. The van der Waals surface area contributed by atoms with Crippen molar-refractivity contribution in [2.75, 3.05) is 6.61 Å². The molecule has 1 atom stereocenters. The summed E-state index contributed by atoms with van der Waals surface area (Å²) in [6, 6.07) is 5.28. The fourth-order valence-corrected chi connectivity index (χ4v) is 1.84. The molecule has 90 valence electrons. The van der Waals surface area contributed by atoms with Crippen LogP contribution in [0.2, 0.25) is 0 Å². The second-order valence-corrected chi connectivity index (χ2v) is 3.96. The van der Waals surface area contributed by atoms with Crippen molar-refractivity contribution in [1.82, 2.24) is 0 Å². The van der Waals surface area contributed by atoms with Gasteiger partial charge in [0.15, 0.2) is 11.9 Å². The minimum atomic E-state index is -0.645. The first-order valence-electron chi connectivity index (χ1n) is 5.59. The van der Waals surface area contributed by atoms with Crippen molar-refractivity contribution in [3.05, 3.63) is 29.3 Å². The molecule has 1 heterocycles. The van der Waals surface area contributed by atoms with Gasteiger partial charge in [-0.2, -0.15) is 0 Å². The average Bonchev–Trinajstić information content (AvgIpc) is 2.30. The second-order valence-electron chi connectivity index (χ2n) is 3.96. The third-order valence-corrected chi connectivity index (χ3v) is 2.72. The van der Waals surface area contributed by atoms with E-state index in [0.29, 0.717) is 24.3 Å². The average molecular weight is 234 g/mol. The van der Waals surface area contributed by atoms with E-state index in [9.17, 15) is 9.59 Å². The fraction of sp³-hybridized carbons (Fsp3) is 0.385. The molecular formula is C13H14O4. The van der Waals surface area contributed by atoms with Crippen LogP contribution in [0.5, 0.6) is 5.75 Å². The van der Waals surface area contributed by atoms with E-state index in [4.69, 9.17) is 9.47 Å². The molecule has 0 amide bonds. The zero-order valence-corrected chi connectivity index (χ0v) is 9.86. The molecule has 1 aliphatic heterocycles. The number of fused-ring (bicyclic) bond motifs is 1. The van der Waals surface area contributed by atoms with Gasteiger partial charge in [0, 0.05) is 6.42 Å². The lowest BCUT2D eigenvalue weighted by atomic mass is 9.97. The van der Waals surface area contributed by atoms with Gasteiger partial charge >= 0.3 is 5.97 Å². The zero-order valence-electron chi connectivity index (χ0n) is 9.86. The normalized spacial score (nSPS) is 18.2. The first-order valence-corrected chi connectivity index (χ1v) is 5.59. The van der Waals surface area contributed by atoms with Crippen LogP contribution in [0.25, 0.3) is 0 Å². The van der Waals surface area contributed by atoms with Gasteiger partial charge in [0.05, 0.1) is 12.2 Å². The smallest absolute Gasteiger partial charge is 0.339 e. The molecule has 0 fully saturated rings. The van der Waals surface area contributed by atoms with E-state index in [1.807, 2.05) is 13.0 Å². The van der Waals surface area contributed by atoms with E-state index in [1.165, 1.54) is 6.92 Å². The standard InChI is InChI=1S/C13H14O4/c1-3-16-10-5-4-9-6-12(8(2)14)17-13(15)11(9)7-10/h4-5,7,12H,3,6H2,1-2H3. The van der Waals surface area contributed by atoms with Crippen LogP contribution < -0.4 is 4.74 Å². The number of ether oxygens (including phenoxy) is 2. The lowest BCUT2D eigenvalue weighted by molar-refractivity contribution is -0.125. The highest BCUT2D eigenvalue weighted by Crippen LogP contribution is 2.25. The molecule has 0 radical (unpaired) electrons. The highest BCUT2D eigenvalue weighted by atomic mass is 16.5. The van der Waals surface area contributed by atoms with E-state index in [-0.39, 0.29) is 5.78 Å². The van der Waals surface area contributed by atoms with Crippen molar-refractivity contribution in [3.8, 4) is 5.75 Å². The Morgan fingerprint density at radius 1 is 1.53 bits per heavy atom. The fourth-order valence-electron chi connectivity index (χ4n) is 1.84. The molecule has 1 aromatic carbocycles. The Hall–Kier alpha value is -1.84. The van der Waals surface area contributed by atoms with Gasteiger partial charge in [0.25, 0.3) is 0 Å². The van der Waals surface area contributed by atoms with Gasteiger partial charge in [0.2, 0.25) is 0 Å². The van der Waals surface area contributed by atoms with Crippen LogP contribution in [0.15, 0.2) is 18.2 Å². The summed E-state index contributed by atoms with van der Waals surface area (Å²) in [5, 5.41) is 0. The molecule has 0 spiro atoms. The molecule has 0 saturated heterocycles. The Bertz CT molecular complexity index is 464. The lowest BCUT2D eigenvalue weighted by Gasteiger charge is -2.23. The minimum absolute atomic E-state index is 0.127. The van der Waals surface area contributed by atoms with Crippen molar-refractivity contribution >= 4 is 11.8 Å². The number of hydrogen-bond donors (Lipinski definition) is 0. The van der Waals surface area contributed by atoms with Crippen LogP contribution in [0.1, 0.15) is 29.8 Å². The predicted molar refractivity (Wildman–Crippen MR) is 61.2 cm³/mol. The van der Waals surface area contributed by atoms with E-state index in [1.54, 1.807) is 12.1 Å². The summed E-state index contributed by atoms with van der Waals surface area (Å²) in [6.45, 7) is 3.85. The molecule has 1 aromatic rings. The molecule has 4 nitrogen and oxygen atoms in total. The molecule has 4 heteroatoms. The molecule has 0 bridgehead atoms. The molecule has 0 aromatic heterocycles. The summed E-state index contributed by atoms with van der Waals surface area (Å²) in [5.41, 5.74) is 1.33. The topological polar surface area (TPSA) is 52.6 Å². The van der Waals surface area contributed by atoms with Crippen molar-refractivity contribution in [2.24, 2.45) is 0 Å². The highest BCUT2D eigenvalue weighted by Gasteiger charge is 2.29.